The van der Waals surface area contributed by atoms with E-state index < -0.39 is 11.7 Å². The zero-order valence-corrected chi connectivity index (χ0v) is 9.65. The van der Waals surface area contributed by atoms with Gasteiger partial charge >= 0.3 is 6.09 Å². The Balaban J connectivity index is 2.70. The van der Waals surface area contributed by atoms with Crippen molar-refractivity contribution in [3.05, 3.63) is 24.5 Å². The SMILES string of the molecule is CC(C)(C)OC(=O)N(Cl)c1cccnc1. The van der Waals surface area contributed by atoms with Crippen LogP contribution in [0.15, 0.2) is 24.5 Å². The zero-order chi connectivity index (χ0) is 11.5. The van der Waals surface area contributed by atoms with Gasteiger partial charge in [0.1, 0.15) is 5.60 Å². The Labute approximate surface area is 93.9 Å². The number of hydrogen-bond acceptors (Lipinski definition) is 3. The van der Waals surface area contributed by atoms with Crippen LogP contribution >= 0.6 is 11.8 Å². The van der Waals surface area contributed by atoms with Crippen molar-refractivity contribution >= 4 is 23.6 Å². The largest absolute Gasteiger partial charge is 0.443 e. The van der Waals surface area contributed by atoms with Crippen LogP contribution in [0.4, 0.5) is 10.5 Å². The Kier molecular flexibility index (Phi) is 3.52. The van der Waals surface area contributed by atoms with E-state index in [-0.39, 0.29) is 0 Å². The van der Waals surface area contributed by atoms with Gasteiger partial charge in [-0.3, -0.25) is 4.98 Å². The summed E-state index contributed by atoms with van der Waals surface area (Å²) in [5.41, 5.74) is -0.0830. The number of carbonyl (C=O) groups excluding carboxylic acids is 1. The fourth-order valence-electron chi connectivity index (χ4n) is 0.877. The number of nitrogens with zero attached hydrogens (tertiary/aromatic N) is 2. The molecule has 0 aromatic carbocycles. The van der Waals surface area contributed by atoms with Crippen LogP contribution in [0.25, 0.3) is 0 Å². The number of ether oxygens (including phenoxy) is 1. The third-order valence-corrected chi connectivity index (χ3v) is 1.76. The lowest BCUT2D eigenvalue weighted by Crippen LogP contribution is -2.31. The third-order valence-electron chi connectivity index (χ3n) is 1.43. The smallest absolute Gasteiger partial charge is 0.429 e. The average molecular weight is 229 g/mol. The maximum Gasteiger partial charge on any atom is 0.429 e. The normalized spacial score (nSPS) is 10.9. The van der Waals surface area contributed by atoms with Crippen LogP contribution in [0, 0.1) is 0 Å². The highest BCUT2D eigenvalue weighted by Gasteiger charge is 2.22. The van der Waals surface area contributed by atoms with Crippen molar-refractivity contribution in [2.75, 3.05) is 4.42 Å². The van der Waals surface area contributed by atoms with E-state index in [2.05, 4.69) is 4.98 Å². The van der Waals surface area contributed by atoms with Crippen LogP contribution in [0.2, 0.25) is 0 Å². The molecule has 0 N–H and O–H groups in total. The van der Waals surface area contributed by atoms with Crippen LogP contribution in [0.1, 0.15) is 20.8 Å². The van der Waals surface area contributed by atoms with E-state index in [1.807, 2.05) is 0 Å². The van der Waals surface area contributed by atoms with Gasteiger partial charge in [0.25, 0.3) is 0 Å². The lowest BCUT2D eigenvalue weighted by atomic mass is 10.2. The van der Waals surface area contributed by atoms with Gasteiger partial charge in [0.2, 0.25) is 0 Å². The number of amides is 1. The van der Waals surface area contributed by atoms with E-state index in [0.717, 1.165) is 4.42 Å². The van der Waals surface area contributed by atoms with E-state index in [9.17, 15) is 4.79 Å². The molecule has 1 aromatic heterocycles. The lowest BCUT2D eigenvalue weighted by molar-refractivity contribution is 0.0609. The standard InChI is InChI=1S/C10H13ClN2O2/c1-10(2,3)15-9(14)13(11)8-5-4-6-12-7-8/h4-7H,1-3H3. The van der Waals surface area contributed by atoms with E-state index in [0.29, 0.717) is 5.69 Å². The Morgan fingerprint density at radius 1 is 1.53 bits per heavy atom. The summed E-state index contributed by atoms with van der Waals surface area (Å²) >= 11 is 5.78. The number of carbonyl (C=O) groups is 1. The first-order valence-electron chi connectivity index (χ1n) is 4.49. The molecule has 82 valence electrons. The number of anilines is 1. The highest BCUT2D eigenvalue weighted by Crippen LogP contribution is 2.18. The maximum absolute atomic E-state index is 11.5. The Morgan fingerprint density at radius 2 is 2.20 bits per heavy atom. The molecular formula is C10H13ClN2O2. The van der Waals surface area contributed by atoms with E-state index in [1.165, 1.54) is 6.20 Å². The Hall–Kier alpha value is -1.29. The van der Waals surface area contributed by atoms with E-state index >= 15 is 0 Å². The monoisotopic (exact) mass is 228 g/mol. The number of pyridine rings is 1. The first kappa shape index (κ1) is 11.8. The summed E-state index contributed by atoms with van der Waals surface area (Å²) in [6.07, 6.45) is 2.47. The van der Waals surface area contributed by atoms with Crippen molar-refractivity contribution in [1.29, 1.82) is 0 Å². The van der Waals surface area contributed by atoms with Crippen molar-refractivity contribution in [3.8, 4) is 0 Å². The van der Waals surface area contributed by atoms with Crippen LogP contribution < -0.4 is 4.42 Å². The minimum atomic E-state index is -0.614. The van der Waals surface area contributed by atoms with Gasteiger partial charge in [-0.1, -0.05) is 0 Å². The fourth-order valence-corrected chi connectivity index (χ4v) is 1.01. The molecule has 0 fully saturated rings. The van der Waals surface area contributed by atoms with Crippen molar-refractivity contribution in [2.45, 2.75) is 26.4 Å². The van der Waals surface area contributed by atoms with E-state index in [1.54, 1.807) is 39.1 Å². The summed E-state index contributed by atoms with van der Waals surface area (Å²) in [6, 6.07) is 3.36. The van der Waals surface area contributed by atoms with Crippen molar-refractivity contribution in [2.24, 2.45) is 0 Å². The van der Waals surface area contributed by atoms with Gasteiger partial charge in [-0.2, -0.15) is 4.42 Å². The summed E-state index contributed by atoms with van der Waals surface area (Å²) in [5, 5.41) is 0. The molecule has 0 bridgehead atoms. The maximum atomic E-state index is 11.5. The molecule has 1 rings (SSSR count). The second kappa shape index (κ2) is 4.49. The van der Waals surface area contributed by atoms with Gasteiger partial charge in [0, 0.05) is 18.0 Å². The zero-order valence-electron chi connectivity index (χ0n) is 8.90. The second-order valence-corrected chi connectivity index (χ2v) is 4.31. The van der Waals surface area contributed by atoms with Crippen LogP contribution in [-0.2, 0) is 4.74 Å². The first-order valence-corrected chi connectivity index (χ1v) is 4.83. The Bertz CT molecular complexity index is 335. The molecule has 0 atom stereocenters. The summed E-state index contributed by atoms with van der Waals surface area (Å²) in [5.74, 6) is 0. The molecule has 1 heterocycles. The molecule has 1 amide bonds. The van der Waals surface area contributed by atoms with Crippen molar-refractivity contribution in [3.63, 3.8) is 0 Å². The van der Waals surface area contributed by atoms with Crippen LogP contribution in [-0.4, -0.2) is 16.7 Å². The fraction of sp³-hybridized carbons (Fsp3) is 0.400. The van der Waals surface area contributed by atoms with Gasteiger partial charge in [0.05, 0.1) is 11.9 Å². The summed E-state index contributed by atoms with van der Waals surface area (Å²) in [7, 11) is 0. The molecular weight excluding hydrogens is 216 g/mol. The molecule has 0 saturated carbocycles. The average Bonchev–Trinajstić information content (AvgIpc) is 2.15. The molecule has 0 aliphatic heterocycles. The van der Waals surface area contributed by atoms with Gasteiger partial charge in [-0.05, 0) is 32.9 Å². The molecule has 0 radical (unpaired) electrons. The number of hydrogen-bond donors (Lipinski definition) is 0. The highest BCUT2D eigenvalue weighted by molar-refractivity contribution is 6.35. The molecule has 0 aliphatic carbocycles. The minimum absolute atomic E-state index is 0.480. The Morgan fingerprint density at radius 3 is 2.67 bits per heavy atom. The second-order valence-electron chi connectivity index (χ2n) is 3.97. The highest BCUT2D eigenvalue weighted by atomic mass is 35.5. The van der Waals surface area contributed by atoms with Gasteiger partial charge < -0.3 is 4.74 Å². The van der Waals surface area contributed by atoms with Gasteiger partial charge in [0.15, 0.2) is 0 Å². The first-order chi connectivity index (χ1) is 6.90. The van der Waals surface area contributed by atoms with Crippen molar-refractivity contribution < 1.29 is 9.53 Å². The number of rotatable bonds is 1. The molecule has 0 spiro atoms. The molecule has 0 aliphatic rings. The van der Waals surface area contributed by atoms with Gasteiger partial charge in [-0.15, -0.1) is 0 Å². The molecule has 5 heteroatoms. The predicted octanol–water partition coefficient (Wildman–Crippen LogP) is 2.98. The third kappa shape index (κ3) is 3.75. The van der Waals surface area contributed by atoms with Crippen molar-refractivity contribution in [1.82, 2.24) is 4.98 Å². The molecule has 0 saturated heterocycles. The summed E-state index contributed by atoms with van der Waals surface area (Å²) in [6.45, 7) is 5.33. The molecule has 0 unspecified atom stereocenters. The van der Waals surface area contributed by atoms with Crippen LogP contribution in [0.3, 0.4) is 0 Å². The van der Waals surface area contributed by atoms with Gasteiger partial charge in [-0.25, -0.2) is 4.79 Å². The summed E-state index contributed by atoms with van der Waals surface area (Å²) in [4.78, 5) is 15.4. The molecule has 4 nitrogen and oxygen atoms in total. The van der Waals surface area contributed by atoms with E-state index in [4.69, 9.17) is 16.5 Å². The molecule has 15 heavy (non-hydrogen) atoms. The predicted molar refractivity (Wildman–Crippen MR) is 58.8 cm³/mol. The number of aromatic nitrogens is 1. The minimum Gasteiger partial charge on any atom is -0.443 e. The lowest BCUT2D eigenvalue weighted by Gasteiger charge is -2.22. The van der Waals surface area contributed by atoms with Crippen LogP contribution in [0.5, 0.6) is 0 Å². The molecule has 1 aromatic rings. The summed E-state index contributed by atoms with van der Waals surface area (Å²) < 4.78 is 5.98. The topological polar surface area (TPSA) is 42.4 Å². The number of halogens is 1. The quantitative estimate of drug-likeness (QED) is 0.694.